The predicted octanol–water partition coefficient (Wildman–Crippen LogP) is 2.97. The van der Waals surface area contributed by atoms with Crippen LogP contribution in [0.4, 0.5) is 5.69 Å². The molecule has 0 atom stereocenters. The summed E-state index contributed by atoms with van der Waals surface area (Å²) in [6.45, 7) is 4.21. The van der Waals surface area contributed by atoms with Gasteiger partial charge in [0, 0.05) is 18.5 Å². The first-order chi connectivity index (χ1) is 13.0. The number of phenols is 1. The Balaban J connectivity index is 1.77. The molecular weight excluding hydrogens is 346 g/mol. The largest absolute Gasteiger partial charge is 0.504 e. The Morgan fingerprint density at radius 1 is 1.11 bits per heavy atom. The number of aryl methyl sites for hydroxylation is 1. The summed E-state index contributed by atoms with van der Waals surface area (Å²) < 4.78 is 5.28. The predicted molar refractivity (Wildman–Crippen MR) is 104 cm³/mol. The Bertz CT molecular complexity index is 816. The number of carbonyl (C=O) groups is 2. The van der Waals surface area contributed by atoms with Crippen LogP contribution < -0.4 is 15.5 Å². The van der Waals surface area contributed by atoms with Crippen LogP contribution in [0.5, 0.6) is 11.5 Å². The first kappa shape index (κ1) is 20.0. The van der Waals surface area contributed by atoms with Gasteiger partial charge in [-0.1, -0.05) is 17.7 Å². The van der Waals surface area contributed by atoms with Gasteiger partial charge in [-0.15, -0.1) is 0 Å². The van der Waals surface area contributed by atoms with Gasteiger partial charge in [0.05, 0.1) is 12.8 Å². The van der Waals surface area contributed by atoms with E-state index in [0.29, 0.717) is 23.6 Å². The Morgan fingerprint density at radius 3 is 2.52 bits per heavy atom. The van der Waals surface area contributed by atoms with E-state index in [9.17, 15) is 14.7 Å². The van der Waals surface area contributed by atoms with Gasteiger partial charge in [0.15, 0.2) is 11.5 Å². The normalized spacial score (nSPS) is 10.6. The van der Waals surface area contributed by atoms with Gasteiger partial charge in [0.2, 0.25) is 11.8 Å². The van der Waals surface area contributed by atoms with Gasteiger partial charge in [-0.05, 0) is 49.7 Å². The molecule has 0 saturated carbocycles. The third-order valence-electron chi connectivity index (χ3n) is 3.60. The van der Waals surface area contributed by atoms with Gasteiger partial charge in [0.1, 0.15) is 0 Å². The smallest absolute Gasteiger partial charge is 0.240 e. The van der Waals surface area contributed by atoms with E-state index in [1.165, 1.54) is 12.3 Å². The van der Waals surface area contributed by atoms with Crippen LogP contribution in [-0.4, -0.2) is 29.7 Å². The van der Waals surface area contributed by atoms with Crippen LogP contribution in [-0.2, 0) is 9.59 Å². The number of ether oxygens (including phenoxy) is 1. The molecule has 3 N–H and O–H groups in total. The number of hydrogen-bond acceptors (Lipinski definition) is 5. The molecule has 2 aromatic rings. The lowest BCUT2D eigenvalue weighted by atomic mass is 10.2. The van der Waals surface area contributed by atoms with E-state index >= 15 is 0 Å². The number of amides is 2. The van der Waals surface area contributed by atoms with Crippen molar-refractivity contribution in [2.75, 3.05) is 11.9 Å². The lowest BCUT2D eigenvalue weighted by Crippen LogP contribution is -2.20. The zero-order valence-corrected chi connectivity index (χ0v) is 15.4. The Hall–Kier alpha value is -3.35. The Labute approximate surface area is 158 Å². The number of anilines is 1. The van der Waals surface area contributed by atoms with Crippen molar-refractivity contribution in [2.24, 2.45) is 5.10 Å². The molecule has 7 nitrogen and oxygen atoms in total. The molecule has 2 rings (SSSR count). The fourth-order valence-corrected chi connectivity index (χ4v) is 2.20. The van der Waals surface area contributed by atoms with Crippen molar-refractivity contribution < 1.29 is 19.4 Å². The van der Waals surface area contributed by atoms with Crippen molar-refractivity contribution >= 4 is 23.7 Å². The molecule has 2 aromatic carbocycles. The molecule has 7 heteroatoms. The first-order valence-corrected chi connectivity index (χ1v) is 8.62. The molecule has 142 valence electrons. The number of phenolic OH excluding ortho intramolecular Hbond substituents is 1. The standard InChI is InChI=1S/C20H23N3O4/c1-3-27-18-12-15(6-9-17(18)24)13-21-23-20(26)11-10-19(25)22-16-7-4-14(2)5-8-16/h4-9,12-13,24H,3,10-11H2,1-2H3,(H,22,25)(H,23,26)/b21-13+. The van der Waals surface area contributed by atoms with Crippen molar-refractivity contribution in [1.29, 1.82) is 0 Å². The molecule has 0 aliphatic heterocycles. The Kier molecular flexibility index (Phi) is 7.37. The summed E-state index contributed by atoms with van der Waals surface area (Å²) in [5.74, 6) is -0.217. The fraction of sp³-hybridized carbons (Fsp3) is 0.250. The van der Waals surface area contributed by atoms with Gasteiger partial charge in [-0.2, -0.15) is 5.10 Å². The van der Waals surface area contributed by atoms with Crippen molar-refractivity contribution in [3.05, 3.63) is 53.6 Å². The number of hydrazone groups is 1. The minimum Gasteiger partial charge on any atom is -0.504 e. The minimum absolute atomic E-state index is 0.0226. The molecule has 0 aliphatic rings. The third-order valence-corrected chi connectivity index (χ3v) is 3.60. The maximum atomic E-state index is 11.9. The highest BCUT2D eigenvalue weighted by atomic mass is 16.5. The second-order valence-electron chi connectivity index (χ2n) is 5.87. The van der Waals surface area contributed by atoms with Crippen LogP contribution in [0, 0.1) is 6.92 Å². The molecule has 0 unspecified atom stereocenters. The second-order valence-corrected chi connectivity index (χ2v) is 5.87. The molecule has 0 aromatic heterocycles. The molecule has 27 heavy (non-hydrogen) atoms. The van der Waals surface area contributed by atoms with E-state index in [1.807, 2.05) is 38.1 Å². The quantitative estimate of drug-likeness (QED) is 0.492. The second kappa shape index (κ2) is 9.96. The van der Waals surface area contributed by atoms with Crippen molar-refractivity contribution in [1.82, 2.24) is 5.43 Å². The zero-order chi connectivity index (χ0) is 19.6. The van der Waals surface area contributed by atoms with Crippen LogP contribution in [0.1, 0.15) is 30.9 Å². The van der Waals surface area contributed by atoms with Gasteiger partial charge in [0.25, 0.3) is 0 Å². The maximum Gasteiger partial charge on any atom is 0.240 e. The molecule has 0 bridgehead atoms. The van der Waals surface area contributed by atoms with Crippen LogP contribution >= 0.6 is 0 Å². The van der Waals surface area contributed by atoms with E-state index in [1.54, 1.807) is 12.1 Å². The highest BCUT2D eigenvalue weighted by molar-refractivity contribution is 5.93. The minimum atomic E-state index is -0.367. The topological polar surface area (TPSA) is 100 Å². The number of hydrogen-bond donors (Lipinski definition) is 3. The molecular formula is C20H23N3O4. The third kappa shape index (κ3) is 6.81. The summed E-state index contributed by atoms with van der Waals surface area (Å²) in [7, 11) is 0. The van der Waals surface area contributed by atoms with E-state index in [2.05, 4.69) is 15.8 Å². The number of benzene rings is 2. The number of aromatic hydroxyl groups is 1. The molecule has 0 radical (unpaired) electrons. The van der Waals surface area contributed by atoms with Crippen LogP contribution in [0.15, 0.2) is 47.6 Å². The van der Waals surface area contributed by atoms with Crippen molar-refractivity contribution in [3.8, 4) is 11.5 Å². The Morgan fingerprint density at radius 2 is 1.81 bits per heavy atom. The SMILES string of the molecule is CCOc1cc(/C=N/NC(=O)CCC(=O)Nc2ccc(C)cc2)ccc1O. The number of nitrogens with zero attached hydrogens (tertiary/aromatic N) is 1. The molecule has 0 aliphatic carbocycles. The number of nitrogens with one attached hydrogen (secondary N) is 2. The van der Waals surface area contributed by atoms with Crippen molar-refractivity contribution in [2.45, 2.75) is 26.7 Å². The lowest BCUT2D eigenvalue weighted by Gasteiger charge is -2.06. The van der Waals surface area contributed by atoms with Gasteiger partial charge in [-0.3, -0.25) is 9.59 Å². The molecule has 2 amide bonds. The average Bonchev–Trinajstić information content (AvgIpc) is 2.65. The number of rotatable bonds is 8. The average molecular weight is 369 g/mol. The fourth-order valence-electron chi connectivity index (χ4n) is 2.20. The summed E-state index contributed by atoms with van der Waals surface area (Å²) in [6.07, 6.45) is 1.52. The highest BCUT2D eigenvalue weighted by Crippen LogP contribution is 2.26. The monoisotopic (exact) mass is 369 g/mol. The summed E-state index contributed by atoms with van der Waals surface area (Å²) in [5, 5.41) is 16.2. The van der Waals surface area contributed by atoms with E-state index in [-0.39, 0.29) is 30.4 Å². The zero-order valence-electron chi connectivity index (χ0n) is 15.4. The summed E-state index contributed by atoms with van der Waals surface area (Å²) >= 11 is 0. The van der Waals surface area contributed by atoms with Gasteiger partial charge in [-0.25, -0.2) is 5.43 Å². The van der Waals surface area contributed by atoms with Gasteiger partial charge < -0.3 is 15.2 Å². The van der Waals surface area contributed by atoms with E-state index in [4.69, 9.17) is 4.74 Å². The molecule has 0 heterocycles. The van der Waals surface area contributed by atoms with E-state index in [0.717, 1.165) is 5.56 Å². The van der Waals surface area contributed by atoms with Gasteiger partial charge >= 0.3 is 0 Å². The first-order valence-electron chi connectivity index (χ1n) is 8.62. The molecule has 0 saturated heterocycles. The maximum absolute atomic E-state index is 11.9. The lowest BCUT2D eigenvalue weighted by molar-refractivity contribution is -0.124. The van der Waals surface area contributed by atoms with Crippen molar-refractivity contribution in [3.63, 3.8) is 0 Å². The van der Waals surface area contributed by atoms with E-state index < -0.39 is 0 Å². The summed E-state index contributed by atoms with van der Waals surface area (Å²) in [6, 6.07) is 12.2. The van der Waals surface area contributed by atoms with Crippen LogP contribution in [0.25, 0.3) is 0 Å². The van der Waals surface area contributed by atoms with Crippen LogP contribution in [0.3, 0.4) is 0 Å². The number of carbonyl (C=O) groups excluding carboxylic acids is 2. The van der Waals surface area contributed by atoms with Crippen LogP contribution in [0.2, 0.25) is 0 Å². The highest BCUT2D eigenvalue weighted by Gasteiger charge is 2.07. The summed E-state index contributed by atoms with van der Waals surface area (Å²) in [4.78, 5) is 23.6. The molecule has 0 fully saturated rings. The molecule has 0 spiro atoms. The summed E-state index contributed by atoms with van der Waals surface area (Å²) in [5.41, 5.74) is 4.83.